The first kappa shape index (κ1) is 14.3. The van der Waals surface area contributed by atoms with Crippen LogP contribution in [0.25, 0.3) is 0 Å². The summed E-state index contributed by atoms with van der Waals surface area (Å²) in [6.07, 6.45) is -4.97. The molecule has 5 nitrogen and oxygen atoms in total. The molecule has 0 bridgehead atoms. The molecule has 0 heterocycles. The number of hydrogen-bond acceptors (Lipinski definition) is 5. The van der Waals surface area contributed by atoms with Crippen LogP contribution in [0.4, 0.5) is 13.2 Å². The van der Waals surface area contributed by atoms with Crippen molar-refractivity contribution in [2.45, 2.75) is 6.36 Å². The Kier molecular flexibility index (Phi) is 4.20. The molecule has 9 heteroatoms. The molecule has 1 aromatic carbocycles. The molecule has 0 saturated carbocycles. The maximum Gasteiger partial charge on any atom is 0.573 e. The molecular formula is C9H8BF3O5. The van der Waals surface area contributed by atoms with Crippen molar-refractivity contribution in [1.82, 2.24) is 0 Å². The minimum Gasteiger partial charge on any atom is -0.465 e. The number of carbonyl (C=O) groups excluding carboxylic acids is 1. The van der Waals surface area contributed by atoms with Gasteiger partial charge >= 0.3 is 19.5 Å². The van der Waals surface area contributed by atoms with E-state index in [2.05, 4.69) is 9.47 Å². The summed E-state index contributed by atoms with van der Waals surface area (Å²) in [5.41, 5.74) is -0.717. The van der Waals surface area contributed by atoms with Gasteiger partial charge in [0.05, 0.1) is 7.11 Å². The van der Waals surface area contributed by atoms with Gasteiger partial charge in [-0.1, -0.05) is 6.07 Å². The van der Waals surface area contributed by atoms with Crippen LogP contribution in [0.5, 0.6) is 5.75 Å². The zero-order chi connectivity index (χ0) is 13.9. The quantitative estimate of drug-likeness (QED) is 0.596. The fourth-order valence-corrected chi connectivity index (χ4v) is 1.19. The van der Waals surface area contributed by atoms with Crippen LogP contribution >= 0.6 is 0 Å². The molecule has 1 rings (SSSR count). The Morgan fingerprint density at radius 3 is 2.39 bits per heavy atom. The van der Waals surface area contributed by atoms with Crippen LogP contribution in [0.3, 0.4) is 0 Å². The van der Waals surface area contributed by atoms with E-state index in [1.807, 2.05) is 0 Å². The van der Waals surface area contributed by atoms with E-state index >= 15 is 0 Å². The van der Waals surface area contributed by atoms with Gasteiger partial charge in [-0.2, -0.15) is 0 Å². The molecule has 0 aliphatic heterocycles. The lowest BCUT2D eigenvalue weighted by Gasteiger charge is -2.13. The number of esters is 1. The summed E-state index contributed by atoms with van der Waals surface area (Å²) >= 11 is 0. The van der Waals surface area contributed by atoms with Crippen molar-refractivity contribution in [2.24, 2.45) is 0 Å². The molecule has 0 atom stereocenters. The fourth-order valence-electron chi connectivity index (χ4n) is 1.19. The minimum atomic E-state index is -4.97. The van der Waals surface area contributed by atoms with Crippen LogP contribution in [0, 0.1) is 0 Å². The van der Waals surface area contributed by atoms with Gasteiger partial charge in [0, 0.05) is 0 Å². The van der Waals surface area contributed by atoms with Gasteiger partial charge in [-0.3, -0.25) is 0 Å². The van der Waals surface area contributed by atoms with Crippen LogP contribution in [0.1, 0.15) is 10.4 Å². The Morgan fingerprint density at radius 1 is 1.33 bits per heavy atom. The number of ether oxygens (including phenoxy) is 2. The van der Waals surface area contributed by atoms with E-state index in [-0.39, 0.29) is 5.46 Å². The third-order valence-corrected chi connectivity index (χ3v) is 1.93. The van der Waals surface area contributed by atoms with Crippen LogP contribution in [0.2, 0.25) is 0 Å². The van der Waals surface area contributed by atoms with E-state index in [0.717, 1.165) is 25.3 Å². The molecule has 0 amide bonds. The second-order valence-corrected chi connectivity index (χ2v) is 3.17. The van der Waals surface area contributed by atoms with Crippen molar-refractivity contribution in [3.63, 3.8) is 0 Å². The lowest BCUT2D eigenvalue weighted by molar-refractivity contribution is -0.274. The number of hydrogen-bond donors (Lipinski definition) is 2. The van der Waals surface area contributed by atoms with Gasteiger partial charge in [0.2, 0.25) is 0 Å². The summed E-state index contributed by atoms with van der Waals surface area (Å²) in [6.45, 7) is 0. The van der Waals surface area contributed by atoms with Crippen LogP contribution < -0.4 is 10.2 Å². The zero-order valence-electron chi connectivity index (χ0n) is 9.06. The highest BCUT2D eigenvalue weighted by molar-refractivity contribution is 6.58. The smallest absolute Gasteiger partial charge is 0.465 e. The summed E-state index contributed by atoms with van der Waals surface area (Å²) in [4.78, 5) is 11.3. The van der Waals surface area contributed by atoms with Gasteiger partial charge in [0.1, 0.15) is 11.3 Å². The van der Waals surface area contributed by atoms with Crippen molar-refractivity contribution in [3.8, 4) is 5.75 Å². The van der Waals surface area contributed by atoms with Crippen LogP contribution in [-0.2, 0) is 4.74 Å². The Hall–Kier alpha value is -1.74. The van der Waals surface area contributed by atoms with Crippen molar-refractivity contribution in [3.05, 3.63) is 23.8 Å². The summed E-state index contributed by atoms with van der Waals surface area (Å²) in [6, 6.07) is 2.63. The third-order valence-electron chi connectivity index (χ3n) is 1.93. The van der Waals surface area contributed by atoms with Gasteiger partial charge in [-0.15, -0.1) is 13.2 Å². The highest BCUT2D eigenvalue weighted by atomic mass is 19.4. The van der Waals surface area contributed by atoms with Gasteiger partial charge in [0.25, 0.3) is 0 Å². The van der Waals surface area contributed by atoms with Crippen molar-refractivity contribution < 1.29 is 37.5 Å². The zero-order valence-corrected chi connectivity index (χ0v) is 9.06. The number of halogens is 3. The first-order valence-electron chi connectivity index (χ1n) is 4.58. The van der Waals surface area contributed by atoms with Gasteiger partial charge < -0.3 is 19.5 Å². The Balaban J connectivity index is 3.21. The number of alkyl halides is 3. The molecular weight excluding hydrogens is 256 g/mol. The standard InChI is InChI=1S/C9H8BF3O5/c1-17-8(14)6-4-5(10(15)16)2-3-7(6)18-9(11,12)13/h2-4,15-16H,1H3. The molecule has 0 unspecified atom stereocenters. The highest BCUT2D eigenvalue weighted by Crippen LogP contribution is 2.26. The van der Waals surface area contributed by atoms with Crippen LogP contribution in [-0.4, -0.2) is 36.6 Å². The predicted molar refractivity (Wildman–Crippen MR) is 54.3 cm³/mol. The Morgan fingerprint density at radius 2 is 1.94 bits per heavy atom. The lowest BCUT2D eigenvalue weighted by Crippen LogP contribution is -2.31. The van der Waals surface area contributed by atoms with Gasteiger partial charge in [-0.05, 0) is 17.6 Å². The molecule has 2 N–H and O–H groups in total. The Bertz CT molecular complexity index is 446. The molecule has 0 aromatic heterocycles. The second kappa shape index (κ2) is 5.28. The van der Waals surface area contributed by atoms with E-state index in [0.29, 0.717) is 0 Å². The third kappa shape index (κ3) is 3.64. The number of rotatable bonds is 3. The van der Waals surface area contributed by atoms with Gasteiger partial charge in [0.15, 0.2) is 0 Å². The summed E-state index contributed by atoms with van der Waals surface area (Å²) in [5, 5.41) is 17.7. The normalized spacial score (nSPS) is 11.0. The largest absolute Gasteiger partial charge is 0.573 e. The number of benzene rings is 1. The van der Waals surface area contributed by atoms with E-state index in [1.54, 1.807) is 0 Å². The second-order valence-electron chi connectivity index (χ2n) is 3.17. The van der Waals surface area contributed by atoms with Gasteiger partial charge in [-0.25, -0.2) is 4.79 Å². The molecule has 0 radical (unpaired) electrons. The summed E-state index contributed by atoms with van der Waals surface area (Å²) in [5.74, 6) is -1.87. The Labute approximate surface area is 99.9 Å². The molecule has 1 aromatic rings. The topological polar surface area (TPSA) is 76.0 Å². The highest BCUT2D eigenvalue weighted by Gasteiger charge is 2.33. The number of methoxy groups -OCH3 is 1. The van der Waals surface area contributed by atoms with Crippen molar-refractivity contribution >= 4 is 18.6 Å². The van der Waals surface area contributed by atoms with E-state index in [4.69, 9.17) is 10.0 Å². The summed E-state index contributed by atoms with van der Waals surface area (Å²) in [7, 11) is -0.949. The lowest BCUT2D eigenvalue weighted by atomic mass is 9.79. The first-order valence-corrected chi connectivity index (χ1v) is 4.58. The van der Waals surface area contributed by atoms with Crippen LogP contribution in [0.15, 0.2) is 18.2 Å². The molecule has 0 aliphatic carbocycles. The molecule has 98 valence electrons. The van der Waals surface area contributed by atoms with E-state index in [1.165, 1.54) is 0 Å². The molecule has 0 aliphatic rings. The maximum absolute atomic E-state index is 12.1. The fraction of sp³-hybridized carbons (Fsp3) is 0.222. The molecule has 0 saturated heterocycles. The monoisotopic (exact) mass is 264 g/mol. The summed E-state index contributed by atoms with van der Waals surface area (Å²) < 4.78 is 44.1. The number of carbonyl (C=O) groups is 1. The van der Waals surface area contributed by atoms with Crippen molar-refractivity contribution in [2.75, 3.05) is 7.11 Å². The minimum absolute atomic E-state index is 0.162. The molecule has 0 spiro atoms. The first-order chi connectivity index (χ1) is 8.24. The van der Waals surface area contributed by atoms with E-state index in [9.17, 15) is 18.0 Å². The average molecular weight is 264 g/mol. The SMILES string of the molecule is COC(=O)c1cc(B(O)O)ccc1OC(F)(F)F. The molecule has 18 heavy (non-hydrogen) atoms. The predicted octanol–water partition coefficient (Wildman–Crippen LogP) is 0.0516. The average Bonchev–Trinajstić information content (AvgIpc) is 2.26. The molecule has 0 fully saturated rings. The van der Waals surface area contributed by atoms with E-state index < -0.39 is 30.8 Å². The maximum atomic E-state index is 12.1. The van der Waals surface area contributed by atoms with Crippen molar-refractivity contribution in [1.29, 1.82) is 0 Å².